The van der Waals surface area contributed by atoms with Crippen molar-refractivity contribution in [2.75, 3.05) is 0 Å². The fraction of sp³-hybridized carbons (Fsp3) is 0.0870. The number of nitro groups is 2. The molecule has 0 aliphatic heterocycles. The lowest BCUT2D eigenvalue weighted by atomic mass is 10.2. The number of benzene rings is 2. The number of amides is 1. The summed E-state index contributed by atoms with van der Waals surface area (Å²) in [4.78, 5) is 38.1. The summed E-state index contributed by atoms with van der Waals surface area (Å²) in [6.07, 6.45) is 4.58. The summed E-state index contributed by atoms with van der Waals surface area (Å²) in [6.45, 7) is 2.52. The minimum absolute atomic E-state index is 0.0414. The van der Waals surface area contributed by atoms with Crippen LogP contribution in [0.1, 0.15) is 22.8 Å². The molecule has 0 atom stereocenters. The SMILES string of the molecule is CCn1c(Sc2ccc([N+](=O)[O-])cc2/C=N\NC(=O)c2cccc([N+](=O)[O-])c2)nnc1-c1ccncc1. The fourth-order valence-electron chi connectivity index (χ4n) is 3.29. The van der Waals surface area contributed by atoms with Crippen molar-refractivity contribution in [3.63, 3.8) is 0 Å². The van der Waals surface area contributed by atoms with Crippen molar-refractivity contribution in [2.45, 2.75) is 23.5 Å². The largest absolute Gasteiger partial charge is 0.302 e. The van der Waals surface area contributed by atoms with Gasteiger partial charge in [0.25, 0.3) is 17.3 Å². The second kappa shape index (κ2) is 11.2. The molecule has 0 radical (unpaired) electrons. The van der Waals surface area contributed by atoms with Gasteiger partial charge in [-0.15, -0.1) is 10.2 Å². The summed E-state index contributed by atoms with van der Waals surface area (Å²) in [7, 11) is 0. The maximum Gasteiger partial charge on any atom is 0.271 e. The number of hydrogen-bond donors (Lipinski definition) is 1. The van der Waals surface area contributed by atoms with E-state index in [1.807, 2.05) is 23.6 Å². The van der Waals surface area contributed by atoms with Crippen molar-refractivity contribution in [3.8, 4) is 11.4 Å². The zero-order valence-corrected chi connectivity index (χ0v) is 20.0. The zero-order valence-electron chi connectivity index (χ0n) is 19.2. The third-order valence-electron chi connectivity index (χ3n) is 5.07. The van der Waals surface area contributed by atoms with E-state index in [1.165, 1.54) is 48.3 Å². The molecule has 2 aromatic carbocycles. The molecule has 0 saturated carbocycles. The summed E-state index contributed by atoms with van der Waals surface area (Å²) in [5, 5.41) is 35.3. The monoisotopic (exact) mass is 518 g/mol. The highest BCUT2D eigenvalue weighted by atomic mass is 32.2. The molecule has 0 aliphatic rings. The normalized spacial score (nSPS) is 10.9. The van der Waals surface area contributed by atoms with Crippen LogP contribution in [0, 0.1) is 20.2 Å². The standard InChI is InChI=1S/C23H18N8O5S/c1-2-29-21(15-8-10-24-11-9-15)26-28-23(29)37-20-7-6-19(31(35)36)13-17(20)14-25-27-22(32)16-4-3-5-18(12-16)30(33)34/h3-14H,2H2,1H3,(H,27,32)/b25-14-. The van der Waals surface area contributed by atoms with E-state index in [-0.39, 0.29) is 16.9 Å². The summed E-state index contributed by atoms with van der Waals surface area (Å²) in [5.74, 6) is -0.0268. The van der Waals surface area contributed by atoms with Crippen molar-refractivity contribution < 1.29 is 14.6 Å². The predicted molar refractivity (Wildman–Crippen MR) is 134 cm³/mol. The zero-order chi connectivity index (χ0) is 26.4. The number of nitrogens with zero attached hydrogens (tertiary/aromatic N) is 7. The van der Waals surface area contributed by atoms with Gasteiger partial charge in [-0.1, -0.05) is 6.07 Å². The van der Waals surface area contributed by atoms with Crippen LogP contribution in [0.2, 0.25) is 0 Å². The second-order valence-electron chi connectivity index (χ2n) is 7.37. The Morgan fingerprint density at radius 3 is 2.49 bits per heavy atom. The molecule has 0 bridgehead atoms. The number of non-ortho nitro benzene ring substituents is 2. The lowest BCUT2D eigenvalue weighted by Gasteiger charge is -2.09. The third-order valence-corrected chi connectivity index (χ3v) is 6.14. The average molecular weight is 519 g/mol. The Morgan fingerprint density at radius 1 is 1.05 bits per heavy atom. The molecular formula is C23H18N8O5S. The average Bonchev–Trinajstić information content (AvgIpc) is 3.32. The summed E-state index contributed by atoms with van der Waals surface area (Å²) in [5.41, 5.74) is 3.13. The van der Waals surface area contributed by atoms with Crippen molar-refractivity contribution in [1.29, 1.82) is 0 Å². The van der Waals surface area contributed by atoms with E-state index in [0.717, 1.165) is 11.6 Å². The second-order valence-corrected chi connectivity index (χ2v) is 8.38. The number of carbonyl (C=O) groups is 1. The van der Waals surface area contributed by atoms with Gasteiger partial charge in [-0.3, -0.25) is 30.0 Å². The van der Waals surface area contributed by atoms with Crippen LogP contribution < -0.4 is 5.43 Å². The molecule has 0 aliphatic carbocycles. The Morgan fingerprint density at radius 2 is 1.78 bits per heavy atom. The Kier molecular flexibility index (Phi) is 7.59. The van der Waals surface area contributed by atoms with Crippen LogP contribution in [0.15, 0.2) is 82.1 Å². The molecule has 4 rings (SSSR count). The van der Waals surface area contributed by atoms with Crippen LogP contribution in [0.25, 0.3) is 11.4 Å². The summed E-state index contributed by atoms with van der Waals surface area (Å²) < 4.78 is 1.90. The summed E-state index contributed by atoms with van der Waals surface area (Å²) >= 11 is 1.23. The van der Waals surface area contributed by atoms with Crippen LogP contribution in [-0.4, -0.2) is 41.7 Å². The number of aromatic nitrogens is 4. The quantitative estimate of drug-likeness (QED) is 0.194. The summed E-state index contributed by atoms with van der Waals surface area (Å²) in [6, 6.07) is 13.1. The highest BCUT2D eigenvalue weighted by Crippen LogP contribution is 2.33. The number of hydrogen-bond acceptors (Lipinski definition) is 10. The minimum Gasteiger partial charge on any atom is -0.302 e. The lowest BCUT2D eigenvalue weighted by Crippen LogP contribution is -2.17. The van der Waals surface area contributed by atoms with E-state index in [4.69, 9.17) is 0 Å². The molecule has 186 valence electrons. The lowest BCUT2D eigenvalue weighted by molar-refractivity contribution is -0.385. The van der Waals surface area contributed by atoms with Gasteiger partial charge in [-0.05, 0) is 43.0 Å². The number of rotatable bonds is 9. The van der Waals surface area contributed by atoms with Crippen molar-refractivity contribution in [2.24, 2.45) is 5.10 Å². The van der Waals surface area contributed by atoms with Crippen LogP contribution in [0.4, 0.5) is 11.4 Å². The van der Waals surface area contributed by atoms with Crippen molar-refractivity contribution in [3.05, 3.63) is 98.3 Å². The van der Waals surface area contributed by atoms with Crippen molar-refractivity contribution in [1.82, 2.24) is 25.2 Å². The smallest absolute Gasteiger partial charge is 0.271 e. The maximum atomic E-state index is 12.4. The molecule has 14 heteroatoms. The molecule has 0 fully saturated rings. The van der Waals surface area contributed by atoms with Gasteiger partial charge >= 0.3 is 0 Å². The van der Waals surface area contributed by atoms with Gasteiger partial charge in [0.2, 0.25) is 0 Å². The first-order chi connectivity index (χ1) is 17.9. The van der Waals surface area contributed by atoms with Gasteiger partial charge in [0, 0.05) is 64.8 Å². The van der Waals surface area contributed by atoms with E-state index < -0.39 is 15.8 Å². The highest BCUT2D eigenvalue weighted by Gasteiger charge is 2.17. The van der Waals surface area contributed by atoms with E-state index in [9.17, 15) is 25.0 Å². The van der Waals surface area contributed by atoms with E-state index >= 15 is 0 Å². The number of carbonyl (C=O) groups excluding carboxylic acids is 1. The molecule has 2 aromatic heterocycles. The van der Waals surface area contributed by atoms with Crippen molar-refractivity contribution >= 4 is 35.3 Å². The Hall–Kier alpha value is -4.98. The molecule has 2 heterocycles. The van der Waals surface area contributed by atoms with E-state index in [0.29, 0.717) is 28.0 Å². The molecular weight excluding hydrogens is 500 g/mol. The van der Waals surface area contributed by atoms with Crippen LogP contribution in [0.3, 0.4) is 0 Å². The Bertz CT molecular complexity index is 1510. The number of hydrazone groups is 1. The van der Waals surface area contributed by atoms with Crippen LogP contribution in [0.5, 0.6) is 0 Å². The van der Waals surface area contributed by atoms with Gasteiger partial charge in [0.15, 0.2) is 11.0 Å². The van der Waals surface area contributed by atoms with Gasteiger partial charge in [-0.25, -0.2) is 5.43 Å². The molecule has 0 saturated heterocycles. The molecule has 1 N–H and O–H groups in total. The maximum absolute atomic E-state index is 12.4. The molecule has 1 amide bonds. The number of nitrogens with one attached hydrogen (secondary N) is 1. The van der Waals surface area contributed by atoms with Gasteiger partial charge in [-0.2, -0.15) is 5.10 Å². The predicted octanol–water partition coefficient (Wildman–Crippen LogP) is 4.09. The number of pyridine rings is 1. The van der Waals surface area contributed by atoms with E-state index in [2.05, 4.69) is 25.7 Å². The first-order valence-electron chi connectivity index (χ1n) is 10.7. The molecule has 37 heavy (non-hydrogen) atoms. The molecule has 4 aromatic rings. The van der Waals surface area contributed by atoms with E-state index in [1.54, 1.807) is 18.5 Å². The first kappa shape index (κ1) is 25.1. The highest BCUT2D eigenvalue weighted by molar-refractivity contribution is 7.99. The van der Waals surface area contributed by atoms with Gasteiger partial charge in [0.05, 0.1) is 16.1 Å². The Labute approximate surface area is 213 Å². The minimum atomic E-state index is -0.674. The third kappa shape index (κ3) is 5.82. The fourth-order valence-corrected chi connectivity index (χ4v) is 4.26. The molecule has 13 nitrogen and oxygen atoms in total. The number of nitro benzene ring substituents is 2. The molecule has 0 spiro atoms. The molecule has 0 unspecified atom stereocenters. The topological polar surface area (TPSA) is 171 Å². The first-order valence-corrected chi connectivity index (χ1v) is 11.6. The Balaban J connectivity index is 1.60. The van der Waals surface area contributed by atoms with Crippen LogP contribution >= 0.6 is 11.8 Å². The van der Waals surface area contributed by atoms with Crippen LogP contribution in [-0.2, 0) is 6.54 Å². The van der Waals surface area contributed by atoms with Gasteiger partial charge in [0.1, 0.15) is 0 Å². The van der Waals surface area contributed by atoms with Gasteiger partial charge < -0.3 is 4.57 Å².